The quantitative estimate of drug-likeness (QED) is 0.849. The van der Waals surface area contributed by atoms with Gasteiger partial charge in [-0.1, -0.05) is 0 Å². The van der Waals surface area contributed by atoms with Gasteiger partial charge in [0, 0.05) is 24.6 Å². The summed E-state index contributed by atoms with van der Waals surface area (Å²) < 4.78 is 12.9. The fourth-order valence-corrected chi connectivity index (χ4v) is 2.13. The third-order valence-corrected chi connectivity index (χ3v) is 3.21. The van der Waals surface area contributed by atoms with Gasteiger partial charge in [0.15, 0.2) is 0 Å². The number of anilines is 1. The highest BCUT2D eigenvalue weighted by molar-refractivity contribution is 6.43. The lowest BCUT2D eigenvalue weighted by atomic mass is 10.1. The third kappa shape index (κ3) is 4.87. The van der Waals surface area contributed by atoms with Crippen molar-refractivity contribution in [3.05, 3.63) is 30.1 Å². The van der Waals surface area contributed by atoms with E-state index in [0.29, 0.717) is 5.69 Å². The molecule has 1 aromatic rings. The van der Waals surface area contributed by atoms with E-state index in [1.165, 1.54) is 24.3 Å². The number of amides is 3. The van der Waals surface area contributed by atoms with Crippen LogP contribution in [0.5, 0.6) is 0 Å². The molecule has 0 radical (unpaired) electrons. The lowest BCUT2D eigenvalue weighted by molar-refractivity contribution is -0.136. The van der Waals surface area contributed by atoms with Crippen LogP contribution in [0, 0.1) is 5.82 Å². The highest BCUT2D eigenvalue weighted by Gasteiger charge is 2.26. The minimum atomic E-state index is -0.483. The van der Waals surface area contributed by atoms with E-state index in [9.17, 15) is 18.8 Å². The molecule has 0 aliphatic carbocycles. The first kappa shape index (κ1) is 17.6. The number of nitrogens with one attached hydrogen (secondary N) is 2. The standard InChI is InChI=1S/C16H19FN4O3/c1-10(2)18-14(22)9-21-15(23)8-7-13(20-21)16(24)19-12-5-3-11(17)4-6-12/h3-6,10H,7-9H2,1-2H3,(H,18,22)(H,19,24). The number of hydrogen-bond donors (Lipinski definition) is 2. The fourth-order valence-electron chi connectivity index (χ4n) is 2.13. The molecule has 7 nitrogen and oxygen atoms in total. The van der Waals surface area contributed by atoms with Crippen LogP contribution in [-0.4, -0.2) is 41.0 Å². The van der Waals surface area contributed by atoms with Gasteiger partial charge in [0.1, 0.15) is 18.1 Å². The summed E-state index contributed by atoms with van der Waals surface area (Å²) in [5.41, 5.74) is 0.571. The van der Waals surface area contributed by atoms with Crippen molar-refractivity contribution >= 4 is 29.1 Å². The average Bonchev–Trinajstić information content (AvgIpc) is 2.51. The van der Waals surface area contributed by atoms with E-state index in [4.69, 9.17) is 0 Å². The number of rotatable bonds is 5. The number of hydrazone groups is 1. The molecule has 0 saturated carbocycles. The monoisotopic (exact) mass is 334 g/mol. The Labute approximate surface area is 138 Å². The zero-order valence-electron chi connectivity index (χ0n) is 13.5. The van der Waals surface area contributed by atoms with Crippen molar-refractivity contribution in [2.24, 2.45) is 5.10 Å². The van der Waals surface area contributed by atoms with Gasteiger partial charge in [-0.25, -0.2) is 9.40 Å². The predicted octanol–water partition coefficient (Wildman–Crippen LogP) is 1.27. The summed E-state index contributed by atoms with van der Waals surface area (Å²) in [5.74, 6) is -1.55. The molecule has 0 bridgehead atoms. The smallest absolute Gasteiger partial charge is 0.271 e. The maximum absolute atomic E-state index is 12.9. The molecular weight excluding hydrogens is 315 g/mol. The molecule has 0 atom stereocenters. The second kappa shape index (κ2) is 7.67. The normalized spacial score (nSPS) is 14.4. The summed E-state index contributed by atoms with van der Waals surface area (Å²) in [6.45, 7) is 3.38. The summed E-state index contributed by atoms with van der Waals surface area (Å²) in [4.78, 5) is 35.8. The highest BCUT2D eigenvalue weighted by atomic mass is 19.1. The maximum Gasteiger partial charge on any atom is 0.271 e. The number of benzene rings is 1. The van der Waals surface area contributed by atoms with Gasteiger partial charge in [0.2, 0.25) is 11.8 Å². The van der Waals surface area contributed by atoms with Gasteiger partial charge in [-0.3, -0.25) is 14.4 Å². The Morgan fingerprint density at radius 1 is 1.25 bits per heavy atom. The molecule has 0 fully saturated rings. The minimum Gasteiger partial charge on any atom is -0.352 e. The van der Waals surface area contributed by atoms with E-state index in [-0.39, 0.29) is 43.0 Å². The third-order valence-electron chi connectivity index (χ3n) is 3.21. The topological polar surface area (TPSA) is 90.9 Å². The van der Waals surface area contributed by atoms with E-state index >= 15 is 0 Å². The highest BCUT2D eigenvalue weighted by Crippen LogP contribution is 2.12. The summed E-state index contributed by atoms with van der Waals surface area (Å²) in [7, 11) is 0. The Hall–Kier alpha value is -2.77. The lowest BCUT2D eigenvalue weighted by Crippen LogP contribution is -2.43. The molecule has 0 aromatic heterocycles. The van der Waals surface area contributed by atoms with E-state index in [0.717, 1.165) is 5.01 Å². The van der Waals surface area contributed by atoms with Crippen LogP contribution in [0.25, 0.3) is 0 Å². The van der Waals surface area contributed by atoms with E-state index in [1.807, 2.05) is 0 Å². The van der Waals surface area contributed by atoms with Crippen LogP contribution in [0.2, 0.25) is 0 Å². The predicted molar refractivity (Wildman–Crippen MR) is 86.7 cm³/mol. The van der Waals surface area contributed by atoms with Gasteiger partial charge in [0.05, 0.1) is 0 Å². The number of carbonyl (C=O) groups excluding carboxylic acids is 3. The van der Waals surface area contributed by atoms with Crippen molar-refractivity contribution in [2.75, 3.05) is 11.9 Å². The second-order valence-corrected chi connectivity index (χ2v) is 5.68. The molecule has 0 spiro atoms. The molecule has 2 N–H and O–H groups in total. The first-order valence-corrected chi connectivity index (χ1v) is 7.59. The van der Waals surface area contributed by atoms with Crippen LogP contribution in [-0.2, 0) is 14.4 Å². The molecule has 24 heavy (non-hydrogen) atoms. The minimum absolute atomic E-state index is 0.0531. The van der Waals surface area contributed by atoms with Crippen molar-refractivity contribution < 1.29 is 18.8 Å². The molecule has 1 aliphatic rings. The van der Waals surface area contributed by atoms with Crippen LogP contribution >= 0.6 is 0 Å². The van der Waals surface area contributed by atoms with Crippen LogP contribution in [0.1, 0.15) is 26.7 Å². The second-order valence-electron chi connectivity index (χ2n) is 5.68. The summed E-state index contributed by atoms with van der Waals surface area (Å²) in [5, 5.41) is 10.2. The van der Waals surface area contributed by atoms with Crippen molar-refractivity contribution in [3.63, 3.8) is 0 Å². The zero-order valence-corrected chi connectivity index (χ0v) is 13.5. The van der Waals surface area contributed by atoms with E-state index in [2.05, 4.69) is 15.7 Å². The number of carbonyl (C=O) groups is 3. The average molecular weight is 334 g/mol. The fraction of sp³-hybridized carbons (Fsp3) is 0.375. The Morgan fingerprint density at radius 2 is 1.92 bits per heavy atom. The first-order valence-electron chi connectivity index (χ1n) is 7.59. The lowest BCUT2D eigenvalue weighted by Gasteiger charge is -2.23. The van der Waals surface area contributed by atoms with Crippen LogP contribution in [0.4, 0.5) is 10.1 Å². The maximum atomic E-state index is 12.9. The van der Waals surface area contributed by atoms with Crippen LogP contribution in [0.15, 0.2) is 29.4 Å². The van der Waals surface area contributed by atoms with Gasteiger partial charge in [-0.05, 0) is 38.1 Å². The first-order chi connectivity index (χ1) is 11.3. The Bertz CT molecular complexity index is 670. The van der Waals surface area contributed by atoms with Crippen LogP contribution in [0.3, 0.4) is 0 Å². The molecule has 128 valence electrons. The van der Waals surface area contributed by atoms with E-state index in [1.54, 1.807) is 13.8 Å². The van der Waals surface area contributed by atoms with Gasteiger partial charge >= 0.3 is 0 Å². The van der Waals surface area contributed by atoms with Crippen LogP contribution < -0.4 is 10.6 Å². The van der Waals surface area contributed by atoms with Gasteiger partial charge in [-0.2, -0.15) is 5.10 Å². The summed E-state index contributed by atoms with van der Waals surface area (Å²) in [6, 6.07) is 5.25. The van der Waals surface area contributed by atoms with Gasteiger partial charge in [0.25, 0.3) is 5.91 Å². The van der Waals surface area contributed by atoms with Gasteiger partial charge < -0.3 is 10.6 Å². The van der Waals surface area contributed by atoms with E-state index < -0.39 is 11.7 Å². The molecule has 1 aliphatic heterocycles. The van der Waals surface area contributed by atoms with Crippen molar-refractivity contribution in [2.45, 2.75) is 32.7 Å². The van der Waals surface area contributed by atoms with Crippen molar-refractivity contribution in [3.8, 4) is 0 Å². The summed E-state index contributed by atoms with van der Waals surface area (Å²) in [6.07, 6.45) is 0.290. The SMILES string of the molecule is CC(C)NC(=O)CN1N=C(C(=O)Nc2ccc(F)cc2)CCC1=O. The zero-order chi connectivity index (χ0) is 17.7. The Morgan fingerprint density at radius 3 is 2.54 bits per heavy atom. The Balaban J connectivity index is 2.04. The molecule has 3 amide bonds. The largest absolute Gasteiger partial charge is 0.352 e. The summed E-state index contributed by atoms with van der Waals surface area (Å²) >= 11 is 0. The number of halogens is 1. The number of nitrogens with zero attached hydrogens (tertiary/aromatic N) is 2. The molecule has 1 aromatic carbocycles. The molecule has 0 saturated heterocycles. The molecular formula is C16H19FN4O3. The molecule has 1 heterocycles. The van der Waals surface area contributed by atoms with Crippen molar-refractivity contribution in [1.82, 2.24) is 10.3 Å². The molecule has 8 heteroatoms. The van der Waals surface area contributed by atoms with Crippen molar-refractivity contribution in [1.29, 1.82) is 0 Å². The molecule has 0 unspecified atom stereocenters. The number of hydrogen-bond acceptors (Lipinski definition) is 4. The molecule has 2 rings (SSSR count). The van der Waals surface area contributed by atoms with Gasteiger partial charge in [-0.15, -0.1) is 0 Å². The Kier molecular flexibility index (Phi) is 5.62.